The molecule has 0 saturated carbocycles. The quantitative estimate of drug-likeness (QED) is 0.208. The van der Waals surface area contributed by atoms with E-state index in [4.69, 9.17) is 15.2 Å². The number of nitrogens with zero attached hydrogens (tertiary/aromatic N) is 3. The van der Waals surface area contributed by atoms with E-state index in [9.17, 15) is 13.6 Å². The normalized spacial score (nSPS) is 14.2. The number of aromatic nitrogens is 2. The van der Waals surface area contributed by atoms with Crippen LogP contribution in [0.2, 0.25) is 25.7 Å². The molecule has 4 rings (SSSR count). The van der Waals surface area contributed by atoms with Gasteiger partial charge in [-0.15, -0.1) is 0 Å². The molecule has 2 N–H and O–H groups in total. The van der Waals surface area contributed by atoms with Crippen molar-refractivity contribution in [1.29, 1.82) is 0 Å². The van der Waals surface area contributed by atoms with Crippen molar-refractivity contribution in [2.75, 3.05) is 25.4 Å². The summed E-state index contributed by atoms with van der Waals surface area (Å²) in [6, 6.07) is 4.67. The summed E-state index contributed by atoms with van der Waals surface area (Å²) in [5.74, 6) is -1.92. The SMILES string of the molecule is CCC(=O)N1CC=C(c2cn(COCC[Si](C)(C)C)c3nccc(Oc4c(F)cc(N)cc4F)c23)CC1. The molecule has 0 atom stereocenters. The molecule has 0 radical (unpaired) electrons. The van der Waals surface area contributed by atoms with Crippen LogP contribution in [0.3, 0.4) is 0 Å². The van der Waals surface area contributed by atoms with E-state index in [1.807, 2.05) is 28.7 Å². The molecule has 0 saturated heterocycles. The summed E-state index contributed by atoms with van der Waals surface area (Å²) in [6.07, 6.45) is 6.60. The lowest BCUT2D eigenvalue weighted by molar-refractivity contribution is -0.130. The number of nitrogens with two attached hydrogens (primary N) is 1. The molecule has 7 nitrogen and oxygen atoms in total. The highest BCUT2D eigenvalue weighted by atomic mass is 28.3. The Balaban J connectivity index is 1.73. The van der Waals surface area contributed by atoms with Crippen LogP contribution in [0.4, 0.5) is 14.5 Å². The molecule has 0 unspecified atom stereocenters. The van der Waals surface area contributed by atoms with Gasteiger partial charge in [-0.05, 0) is 24.1 Å². The number of carbonyl (C=O) groups excluding carboxylic acids is 1. The summed E-state index contributed by atoms with van der Waals surface area (Å²) >= 11 is 0. The lowest BCUT2D eigenvalue weighted by Crippen LogP contribution is -2.34. The molecule has 3 aromatic rings. The second-order valence-corrected chi connectivity index (χ2v) is 16.1. The van der Waals surface area contributed by atoms with Gasteiger partial charge in [0.15, 0.2) is 17.4 Å². The molecule has 1 aromatic carbocycles. The first-order valence-electron chi connectivity index (χ1n) is 12.5. The van der Waals surface area contributed by atoms with Gasteiger partial charge in [0.05, 0.1) is 5.39 Å². The number of halogens is 2. The Bertz CT molecular complexity index is 1310. The number of benzene rings is 1. The Morgan fingerprint density at radius 1 is 1.22 bits per heavy atom. The summed E-state index contributed by atoms with van der Waals surface area (Å²) in [4.78, 5) is 18.5. The van der Waals surface area contributed by atoms with Crippen molar-refractivity contribution in [1.82, 2.24) is 14.5 Å². The lowest BCUT2D eigenvalue weighted by atomic mass is 9.99. The van der Waals surface area contributed by atoms with Crippen LogP contribution in [-0.2, 0) is 16.3 Å². The number of nitrogen functional groups attached to an aromatic ring is 1. The van der Waals surface area contributed by atoms with E-state index in [2.05, 4.69) is 24.6 Å². The number of hydrogen-bond donors (Lipinski definition) is 1. The van der Waals surface area contributed by atoms with Crippen LogP contribution >= 0.6 is 0 Å². The minimum absolute atomic E-state index is 0.0249. The topological polar surface area (TPSA) is 82.6 Å². The number of ether oxygens (including phenoxy) is 2. The number of rotatable bonds is 9. The van der Waals surface area contributed by atoms with Gasteiger partial charge in [0.1, 0.15) is 18.1 Å². The van der Waals surface area contributed by atoms with Crippen LogP contribution in [0.1, 0.15) is 25.3 Å². The predicted molar refractivity (Wildman–Crippen MR) is 144 cm³/mol. The molecule has 0 aliphatic carbocycles. The summed E-state index contributed by atoms with van der Waals surface area (Å²) in [5, 5.41) is 0.633. The fourth-order valence-corrected chi connectivity index (χ4v) is 5.06. The summed E-state index contributed by atoms with van der Waals surface area (Å²) in [6.45, 7) is 10.7. The average molecular weight is 529 g/mol. The first kappa shape index (κ1) is 26.8. The zero-order valence-corrected chi connectivity index (χ0v) is 22.8. The minimum Gasteiger partial charge on any atom is -0.450 e. The molecule has 0 fully saturated rings. The van der Waals surface area contributed by atoms with Crippen molar-refractivity contribution in [3.63, 3.8) is 0 Å². The van der Waals surface area contributed by atoms with Gasteiger partial charge in [0.2, 0.25) is 5.91 Å². The highest BCUT2D eigenvalue weighted by Crippen LogP contribution is 2.39. The van der Waals surface area contributed by atoms with E-state index < -0.39 is 25.5 Å². The van der Waals surface area contributed by atoms with E-state index in [0.717, 1.165) is 29.3 Å². The van der Waals surface area contributed by atoms with E-state index in [0.29, 0.717) is 43.6 Å². The van der Waals surface area contributed by atoms with Crippen molar-refractivity contribution in [2.45, 2.75) is 52.2 Å². The number of amides is 1. The van der Waals surface area contributed by atoms with E-state index in [1.54, 1.807) is 12.3 Å². The van der Waals surface area contributed by atoms with Crippen LogP contribution in [0.5, 0.6) is 11.5 Å². The highest BCUT2D eigenvalue weighted by molar-refractivity contribution is 6.76. The molecule has 3 heterocycles. The van der Waals surface area contributed by atoms with Gasteiger partial charge in [-0.2, -0.15) is 0 Å². The van der Waals surface area contributed by atoms with Gasteiger partial charge >= 0.3 is 0 Å². The Labute approximate surface area is 216 Å². The Hall–Kier alpha value is -3.24. The van der Waals surface area contributed by atoms with Crippen LogP contribution < -0.4 is 10.5 Å². The second-order valence-electron chi connectivity index (χ2n) is 10.5. The third kappa shape index (κ3) is 6.19. The average Bonchev–Trinajstić information content (AvgIpc) is 3.22. The number of pyridine rings is 1. The Morgan fingerprint density at radius 3 is 2.57 bits per heavy atom. The van der Waals surface area contributed by atoms with E-state index >= 15 is 0 Å². The van der Waals surface area contributed by atoms with Gasteiger partial charge in [0, 0.05) is 70.0 Å². The fraction of sp³-hybridized carbons (Fsp3) is 0.407. The second kappa shape index (κ2) is 11.0. The number of hydrogen-bond acceptors (Lipinski definition) is 5. The largest absolute Gasteiger partial charge is 0.450 e. The first-order chi connectivity index (χ1) is 17.6. The smallest absolute Gasteiger partial charge is 0.222 e. The predicted octanol–water partition coefficient (Wildman–Crippen LogP) is 6.03. The molecule has 10 heteroatoms. The maximum atomic E-state index is 14.6. The first-order valence-corrected chi connectivity index (χ1v) is 16.2. The Morgan fingerprint density at radius 2 is 1.95 bits per heavy atom. The molecule has 2 aromatic heterocycles. The van der Waals surface area contributed by atoms with Gasteiger partial charge in [-0.3, -0.25) is 4.79 Å². The van der Waals surface area contributed by atoms with Crippen LogP contribution in [-0.4, -0.2) is 48.1 Å². The van der Waals surface area contributed by atoms with Gasteiger partial charge in [-0.1, -0.05) is 32.6 Å². The lowest BCUT2D eigenvalue weighted by Gasteiger charge is -2.26. The highest BCUT2D eigenvalue weighted by Gasteiger charge is 2.24. The van der Waals surface area contributed by atoms with Crippen molar-refractivity contribution < 1.29 is 23.0 Å². The van der Waals surface area contributed by atoms with Crippen molar-refractivity contribution >= 4 is 36.3 Å². The molecule has 37 heavy (non-hydrogen) atoms. The molecule has 0 spiro atoms. The van der Waals surface area contributed by atoms with E-state index in [1.165, 1.54) is 0 Å². The zero-order valence-electron chi connectivity index (χ0n) is 21.8. The van der Waals surface area contributed by atoms with Crippen molar-refractivity contribution in [3.05, 3.63) is 53.9 Å². The minimum atomic E-state index is -1.25. The summed E-state index contributed by atoms with van der Waals surface area (Å²) in [5.41, 5.74) is 7.99. The third-order valence-corrected chi connectivity index (χ3v) is 8.09. The number of anilines is 1. The fourth-order valence-electron chi connectivity index (χ4n) is 4.31. The van der Waals surface area contributed by atoms with Crippen LogP contribution in [0.25, 0.3) is 16.6 Å². The molecule has 1 aliphatic heterocycles. The monoisotopic (exact) mass is 528 g/mol. The summed E-state index contributed by atoms with van der Waals surface area (Å²) in [7, 11) is -1.25. The maximum absolute atomic E-state index is 14.6. The Kier molecular flexibility index (Phi) is 7.98. The van der Waals surface area contributed by atoms with Crippen LogP contribution in [0.15, 0.2) is 36.7 Å². The molecule has 0 bridgehead atoms. The van der Waals surface area contributed by atoms with Crippen molar-refractivity contribution in [2.24, 2.45) is 0 Å². The summed E-state index contributed by atoms with van der Waals surface area (Å²) < 4.78 is 42.9. The molecule has 1 amide bonds. The molecular weight excluding hydrogens is 494 g/mol. The van der Waals surface area contributed by atoms with E-state index in [-0.39, 0.29) is 24.1 Å². The van der Waals surface area contributed by atoms with Crippen molar-refractivity contribution in [3.8, 4) is 11.5 Å². The zero-order chi connectivity index (χ0) is 26.7. The molecular formula is C27H34F2N4O3Si. The van der Waals surface area contributed by atoms with Gasteiger partial charge in [-0.25, -0.2) is 13.8 Å². The number of carbonyl (C=O) groups is 1. The number of fused-ring (bicyclic) bond motifs is 1. The molecule has 1 aliphatic rings. The van der Waals surface area contributed by atoms with Gasteiger partial charge in [0.25, 0.3) is 0 Å². The standard InChI is InChI=1S/C27H34F2N4O3Si/c1-5-24(34)32-10-7-18(8-11-32)20-16-33(17-35-12-13-37(2,3)4)27-25(20)23(6-9-31-27)36-26-21(28)14-19(30)15-22(26)29/h6-7,9,14-16H,5,8,10-13,17,30H2,1-4H3. The third-order valence-electron chi connectivity index (χ3n) is 6.39. The van der Waals surface area contributed by atoms with Gasteiger partial charge < -0.3 is 24.7 Å². The maximum Gasteiger partial charge on any atom is 0.222 e. The van der Waals surface area contributed by atoms with Crippen LogP contribution in [0, 0.1) is 11.6 Å². The molecule has 198 valence electrons.